The van der Waals surface area contributed by atoms with Gasteiger partial charge < -0.3 is 14.9 Å². The van der Waals surface area contributed by atoms with Gasteiger partial charge in [-0.15, -0.1) is 0 Å². The summed E-state index contributed by atoms with van der Waals surface area (Å²) in [5.41, 5.74) is 2.32. The van der Waals surface area contributed by atoms with Gasteiger partial charge in [0, 0.05) is 37.5 Å². The van der Waals surface area contributed by atoms with E-state index in [0.717, 1.165) is 61.2 Å². The van der Waals surface area contributed by atoms with E-state index in [4.69, 9.17) is 4.84 Å². The third kappa shape index (κ3) is 6.21. The SMILES string of the molecule is CCO/N=C(/c1ccc(C(F)(F)F)cc1)C1CCN(C2(C)CCN(C(=O)c3c(C)cc[n+]([O-])c3C)CC2)CC1. The molecule has 3 heterocycles. The number of likely N-dealkylation sites (tertiary alicyclic amines) is 2. The molecule has 2 aromatic rings. The fourth-order valence-corrected chi connectivity index (χ4v) is 5.78. The van der Waals surface area contributed by atoms with E-state index in [2.05, 4.69) is 17.0 Å². The molecule has 0 saturated carbocycles. The van der Waals surface area contributed by atoms with Gasteiger partial charge in [-0.1, -0.05) is 17.3 Å². The number of carbonyl (C=O) groups is 1. The molecule has 0 bridgehead atoms. The fourth-order valence-electron chi connectivity index (χ4n) is 5.78. The lowest BCUT2D eigenvalue weighted by Gasteiger charge is -2.49. The van der Waals surface area contributed by atoms with Gasteiger partial charge in [0.25, 0.3) is 5.91 Å². The van der Waals surface area contributed by atoms with Crippen LogP contribution in [-0.2, 0) is 11.0 Å². The van der Waals surface area contributed by atoms with E-state index >= 15 is 0 Å². The van der Waals surface area contributed by atoms with Crippen molar-refractivity contribution in [2.24, 2.45) is 11.1 Å². The van der Waals surface area contributed by atoms with Gasteiger partial charge >= 0.3 is 6.18 Å². The van der Waals surface area contributed by atoms with Crippen LogP contribution in [0.3, 0.4) is 0 Å². The minimum Gasteiger partial charge on any atom is -0.618 e. The number of nitrogens with zero attached hydrogens (tertiary/aromatic N) is 4. The smallest absolute Gasteiger partial charge is 0.416 e. The highest BCUT2D eigenvalue weighted by molar-refractivity contribution is 6.02. The lowest BCUT2D eigenvalue weighted by atomic mass is 9.82. The number of carbonyl (C=O) groups excluding carboxylic acids is 1. The molecular formula is C29H37F3N4O3. The van der Waals surface area contributed by atoms with Gasteiger partial charge in [0.2, 0.25) is 5.69 Å². The van der Waals surface area contributed by atoms with E-state index in [1.54, 1.807) is 13.0 Å². The Hall–Kier alpha value is -3.14. The zero-order valence-corrected chi connectivity index (χ0v) is 23.1. The molecule has 1 aromatic carbocycles. The van der Waals surface area contributed by atoms with E-state index in [9.17, 15) is 23.2 Å². The predicted octanol–water partition coefficient (Wildman–Crippen LogP) is 5.10. The van der Waals surface area contributed by atoms with E-state index in [0.29, 0.717) is 42.2 Å². The van der Waals surface area contributed by atoms with E-state index in [1.807, 2.05) is 18.7 Å². The molecule has 1 aromatic heterocycles. The molecule has 0 N–H and O–H groups in total. The average molecular weight is 547 g/mol. The number of halogens is 3. The Labute approximate surface area is 227 Å². The van der Waals surface area contributed by atoms with Crippen LogP contribution in [0.15, 0.2) is 41.7 Å². The number of aromatic nitrogens is 1. The van der Waals surface area contributed by atoms with Crippen LogP contribution in [0, 0.1) is 25.0 Å². The maximum atomic E-state index is 13.3. The summed E-state index contributed by atoms with van der Waals surface area (Å²) < 4.78 is 39.9. The molecule has 0 aliphatic carbocycles. The highest BCUT2D eigenvalue weighted by atomic mass is 19.4. The van der Waals surface area contributed by atoms with Crippen molar-refractivity contribution in [2.75, 3.05) is 32.8 Å². The number of hydrogen-bond donors (Lipinski definition) is 0. The lowest BCUT2D eigenvalue weighted by Crippen LogP contribution is -2.57. The molecule has 2 saturated heterocycles. The average Bonchev–Trinajstić information content (AvgIpc) is 2.91. The number of piperidine rings is 2. The normalized spacial score (nSPS) is 19.3. The zero-order valence-electron chi connectivity index (χ0n) is 23.1. The van der Waals surface area contributed by atoms with Gasteiger partial charge in [-0.05, 0) is 82.8 Å². The van der Waals surface area contributed by atoms with E-state index < -0.39 is 11.7 Å². The second kappa shape index (κ2) is 11.5. The molecule has 10 heteroatoms. The van der Waals surface area contributed by atoms with Gasteiger partial charge in [-0.2, -0.15) is 17.9 Å². The molecule has 212 valence electrons. The summed E-state index contributed by atoms with van der Waals surface area (Å²) in [6.07, 6.45) is 0.330. The molecule has 7 nitrogen and oxygen atoms in total. The largest absolute Gasteiger partial charge is 0.618 e. The number of oxime groups is 1. The summed E-state index contributed by atoms with van der Waals surface area (Å²) >= 11 is 0. The Morgan fingerprint density at radius 3 is 2.28 bits per heavy atom. The number of amides is 1. The second-order valence-electron chi connectivity index (χ2n) is 10.8. The molecule has 4 rings (SSSR count). The Morgan fingerprint density at radius 1 is 1.10 bits per heavy atom. The second-order valence-corrected chi connectivity index (χ2v) is 10.8. The highest BCUT2D eigenvalue weighted by Crippen LogP contribution is 2.35. The van der Waals surface area contributed by atoms with Crippen molar-refractivity contribution in [1.29, 1.82) is 0 Å². The number of alkyl halides is 3. The van der Waals surface area contributed by atoms with Crippen molar-refractivity contribution >= 4 is 11.6 Å². The number of benzene rings is 1. The van der Waals surface area contributed by atoms with Crippen molar-refractivity contribution in [2.45, 2.75) is 65.1 Å². The summed E-state index contributed by atoms with van der Waals surface area (Å²) in [5.74, 6) is -0.0121. The van der Waals surface area contributed by atoms with Gasteiger partial charge in [-0.25, -0.2) is 0 Å². The third-order valence-corrected chi connectivity index (χ3v) is 8.33. The summed E-state index contributed by atoms with van der Waals surface area (Å²) in [6.45, 7) is 10.9. The number of rotatable bonds is 6. The first-order chi connectivity index (χ1) is 18.4. The van der Waals surface area contributed by atoms with Gasteiger partial charge in [0.1, 0.15) is 12.2 Å². The molecule has 2 fully saturated rings. The van der Waals surface area contributed by atoms with Crippen LogP contribution in [0.1, 0.15) is 72.3 Å². The maximum Gasteiger partial charge on any atom is 0.416 e. The standard InChI is InChI=1S/C29H37F3N4O3/c1-5-39-33-26(22-6-8-24(9-7-22)29(30,31)32)23-11-15-35(16-12-23)28(4)13-18-34(19-14-28)27(37)25-20(2)10-17-36(38)21(25)3/h6-10,17,23H,5,11-16,18-19H2,1-4H3/b33-26-. The summed E-state index contributed by atoms with van der Waals surface area (Å²) in [4.78, 5) is 22.9. The summed E-state index contributed by atoms with van der Waals surface area (Å²) in [5, 5.41) is 16.4. The van der Waals surface area contributed by atoms with Crippen LogP contribution in [0.5, 0.6) is 0 Å². The number of aryl methyl sites for hydroxylation is 1. The molecule has 1 amide bonds. The Kier molecular flexibility index (Phi) is 8.54. The molecule has 0 spiro atoms. The van der Waals surface area contributed by atoms with Crippen molar-refractivity contribution in [3.05, 3.63) is 69.7 Å². The van der Waals surface area contributed by atoms with Crippen LogP contribution in [0.25, 0.3) is 0 Å². The number of hydrogen-bond acceptors (Lipinski definition) is 5. The van der Waals surface area contributed by atoms with Crippen LogP contribution in [-0.4, -0.2) is 59.7 Å². The van der Waals surface area contributed by atoms with Gasteiger partial charge in [0.15, 0.2) is 6.20 Å². The lowest BCUT2D eigenvalue weighted by molar-refractivity contribution is -0.612. The Balaban J connectivity index is 1.39. The highest BCUT2D eigenvalue weighted by Gasteiger charge is 2.40. The third-order valence-electron chi connectivity index (χ3n) is 8.33. The maximum absolute atomic E-state index is 13.3. The van der Waals surface area contributed by atoms with Crippen LogP contribution in [0.2, 0.25) is 0 Å². The molecule has 0 radical (unpaired) electrons. The quantitative estimate of drug-likeness (QED) is 0.219. The van der Waals surface area contributed by atoms with E-state index in [1.165, 1.54) is 18.3 Å². The topological polar surface area (TPSA) is 72.1 Å². The fraction of sp³-hybridized carbons (Fsp3) is 0.552. The van der Waals surface area contributed by atoms with Gasteiger partial charge in [0.05, 0.1) is 11.3 Å². The monoisotopic (exact) mass is 546 g/mol. The molecule has 39 heavy (non-hydrogen) atoms. The molecule has 2 aliphatic rings. The Bertz CT molecular complexity index is 1200. The minimum atomic E-state index is -4.38. The van der Waals surface area contributed by atoms with E-state index in [-0.39, 0.29) is 17.4 Å². The molecule has 2 aliphatic heterocycles. The first kappa shape index (κ1) is 28.9. The van der Waals surface area contributed by atoms with Crippen molar-refractivity contribution < 1.29 is 27.5 Å². The predicted molar refractivity (Wildman–Crippen MR) is 142 cm³/mol. The van der Waals surface area contributed by atoms with Crippen LogP contribution < -0.4 is 4.73 Å². The molecule has 0 atom stereocenters. The minimum absolute atomic E-state index is 0.0629. The molecule has 0 unspecified atom stereocenters. The van der Waals surface area contributed by atoms with Crippen molar-refractivity contribution in [3.8, 4) is 0 Å². The van der Waals surface area contributed by atoms with Crippen LogP contribution >= 0.6 is 0 Å². The first-order valence-electron chi connectivity index (χ1n) is 13.6. The summed E-state index contributed by atoms with van der Waals surface area (Å²) in [6, 6.07) is 6.82. The number of pyridine rings is 1. The van der Waals surface area contributed by atoms with Crippen molar-refractivity contribution in [1.82, 2.24) is 9.80 Å². The van der Waals surface area contributed by atoms with Gasteiger partial charge in [-0.3, -0.25) is 9.69 Å². The Morgan fingerprint density at radius 2 is 1.72 bits per heavy atom. The van der Waals surface area contributed by atoms with Crippen LogP contribution in [0.4, 0.5) is 13.2 Å². The van der Waals surface area contributed by atoms with Crippen molar-refractivity contribution in [3.63, 3.8) is 0 Å². The summed E-state index contributed by atoms with van der Waals surface area (Å²) in [7, 11) is 0. The zero-order chi connectivity index (χ0) is 28.4. The molecular weight excluding hydrogens is 509 g/mol. The first-order valence-corrected chi connectivity index (χ1v) is 13.6.